The van der Waals surface area contributed by atoms with Crippen molar-refractivity contribution in [2.75, 3.05) is 13.1 Å². The molecule has 0 radical (unpaired) electrons. The van der Waals surface area contributed by atoms with Gasteiger partial charge in [0, 0.05) is 18.6 Å². The van der Waals surface area contributed by atoms with Crippen molar-refractivity contribution in [1.82, 2.24) is 9.62 Å². The number of piperidine rings is 1. The van der Waals surface area contributed by atoms with Gasteiger partial charge in [0.25, 0.3) is 0 Å². The standard InChI is InChI=1S/C15H22N2O3S/c18-11-12-4-3-5-13(10-12)21(19,20)16-14-7-9-17-8-2-1-6-15(14)17/h3-5,10,14-16,18H,1-2,6-9,11H2. The number of nitrogens with zero attached hydrogens (tertiary/aromatic N) is 1. The van der Waals surface area contributed by atoms with Crippen molar-refractivity contribution in [3.05, 3.63) is 29.8 Å². The Morgan fingerprint density at radius 1 is 1.24 bits per heavy atom. The van der Waals surface area contributed by atoms with E-state index >= 15 is 0 Å². The predicted molar refractivity (Wildman–Crippen MR) is 80.3 cm³/mol. The average Bonchev–Trinajstić information content (AvgIpc) is 2.90. The Balaban J connectivity index is 1.76. The van der Waals surface area contributed by atoms with Crippen molar-refractivity contribution in [3.8, 4) is 0 Å². The van der Waals surface area contributed by atoms with E-state index < -0.39 is 10.0 Å². The first-order chi connectivity index (χ1) is 10.1. The third-order valence-corrected chi connectivity index (χ3v) is 6.04. The highest BCUT2D eigenvalue weighted by Crippen LogP contribution is 2.28. The number of hydrogen-bond acceptors (Lipinski definition) is 4. The van der Waals surface area contributed by atoms with Crippen LogP contribution in [0.2, 0.25) is 0 Å². The van der Waals surface area contributed by atoms with Crippen LogP contribution in [0.25, 0.3) is 0 Å². The van der Waals surface area contributed by atoms with Crippen LogP contribution in [-0.4, -0.2) is 43.6 Å². The number of aliphatic hydroxyl groups is 1. The van der Waals surface area contributed by atoms with E-state index in [4.69, 9.17) is 5.11 Å². The third kappa shape index (κ3) is 3.13. The van der Waals surface area contributed by atoms with Crippen LogP contribution in [-0.2, 0) is 16.6 Å². The summed E-state index contributed by atoms with van der Waals surface area (Å²) < 4.78 is 27.9. The second-order valence-corrected chi connectivity index (χ2v) is 7.64. The van der Waals surface area contributed by atoms with Crippen molar-refractivity contribution in [2.45, 2.75) is 49.3 Å². The lowest BCUT2D eigenvalue weighted by Crippen LogP contribution is -2.46. The van der Waals surface area contributed by atoms with Crippen LogP contribution in [0, 0.1) is 0 Å². The van der Waals surface area contributed by atoms with E-state index in [-0.39, 0.29) is 17.5 Å². The minimum absolute atomic E-state index is 0.00748. The van der Waals surface area contributed by atoms with Gasteiger partial charge in [-0.1, -0.05) is 18.6 Å². The maximum absolute atomic E-state index is 12.5. The maximum atomic E-state index is 12.5. The molecule has 0 bridgehead atoms. The minimum Gasteiger partial charge on any atom is -0.392 e. The molecule has 2 N–H and O–H groups in total. The molecule has 1 aromatic carbocycles. The number of sulfonamides is 1. The Morgan fingerprint density at radius 2 is 2.10 bits per heavy atom. The molecular weight excluding hydrogens is 288 g/mol. The first-order valence-electron chi connectivity index (χ1n) is 7.56. The van der Waals surface area contributed by atoms with Crippen molar-refractivity contribution in [1.29, 1.82) is 0 Å². The van der Waals surface area contributed by atoms with Crippen molar-refractivity contribution in [2.24, 2.45) is 0 Å². The van der Waals surface area contributed by atoms with Gasteiger partial charge in [-0.05, 0) is 43.5 Å². The van der Waals surface area contributed by atoms with Crippen LogP contribution in [0.15, 0.2) is 29.2 Å². The summed E-state index contributed by atoms with van der Waals surface area (Å²) in [4.78, 5) is 2.64. The quantitative estimate of drug-likeness (QED) is 0.873. The van der Waals surface area contributed by atoms with Crippen molar-refractivity contribution < 1.29 is 13.5 Å². The Kier molecular flexibility index (Phi) is 4.31. The molecule has 21 heavy (non-hydrogen) atoms. The monoisotopic (exact) mass is 310 g/mol. The van der Waals surface area contributed by atoms with Gasteiger partial charge >= 0.3 is 0 Å². The molecule has 2 aliphatic rings. The SMILES string of the molecule is O=S(=O)(NC1CCN2CCCCC12)c1cccc(CO)c1. The second kappa shape index (κ2) is 6.04. The molecular formula is C15H22N2O3S. The lowest BCUT2D eigenvalue weighted by molar-refractivity contribution is 0.186. The second-order valence-electron chi connectivity index (χ2n) is 5.92. The van der Waals surface area contributed by atoms with Gasteiger partial charge in [0.15, 0.2) is 0 Å². The van der Waals surface area contributed by atoms with Gasteiger partial charge in [-0.25, -0.2) is 13.1 Å². The van der Waals surface area contributed by atoms with Crippen LogP contribution in [0.1, 0.15) is 31.2 Å². The molecule has 1 aromatic rings. The predicted octanol–water partition coefficient (Wildman–Crippen LogP) is 1.08. The van der Waals surface area contributed by atoms with Crippen LogP contribution < -0.4 is 4.72 Å². The average molecular weight is 310 g/mol. The van der Waals surface area contributed by atoms with Crippen molar-refractivity contribution in [3.63, 3.8) is 0 Å². The Bertz CT molecular complexity index is 603. The van der Waals surface area contributed by atoms with E-state index in [2.05, 4.69) is 9.62 Å². The number of fused-ring (bicyclic) bond motifs is 1. The minimum atomic E-state index is -3.51. The Morgan fingerprint density at radius 3 is 2.90 bits per heavy atom. The van der Waals surface area contributed by atoms with Crippen LogP contribution in [0.4, 0.5) is 0 Å². The molecule has 0 spiro atoms. The highest BCUT2D eigenvalue weighted by molar-refractivity contribution is 7.89. The van der Waals surface area contributed by atoms with Gasteiger partial charge < -0.3 is 5.11 Å². The normalized spacial score (nSPS) is 26.7. The summed E-state index contributed by atoms with van der Waals surface area (Å²) in [5, 5.41) is 9.14. The number of rotatable bonds is 4. The fraction of sp³-hybridized carbons (Fsp3) is 0.600. The molecule has 6 heteroatoms. The van der Waals surface area contributed by atoms with Gasteiger partial charge in [0.1, 0.15) is 0 Å². The largest absolute Gasteiger partial charge is 0.392 e. The van der Waals surface area contributed by atoms with E-state index in [0.717, 1.165) is 25.9 Å². The molecule has 116 valence electrons. The Hall–Kier alpha value is -0.950. The smallest absolute Gasteiger partial charge is 0.240 e. The number of hydrogen-bond donors (Lipinski definition) is 2. The van der Waals surface area contributed by atoms with Crippen LogP contribution in [0.3, 0.4) is 0 Å². The molecule has 2 saturated heterocycles. The van der Waals surface area contributed by atoms with Gasteiger partial charge in [-0.3, -0.25) is 4.90 Å². The first kappa shape index (κ1) is 15.0. The zero-order valence-corrected chi connectivity index (χ0v) is 12.8. The molecule has 2 heterocycles. The van der Waals surface area contributed by atoms with Gasteiger partial charge in [-0.2, -0.15) is 0 Å². The van der Waals surface area contributed by atoms with Crippen LogP contribution >= 0.6 is 0 Å². The summed E-state index contributed by atoms with van der Waals surface area (Å²) in [7, 11) is -3.51. The molecule has 0 amide bonds. The van der Waals surface area contributed by atoms with E-state index in [0.29, 0.717) is 11.6 Å². The summed E-state index contributed by atoms with van der Waals surface area (Å²) >= 11 is 0. The van der Waals surface area contributed by atoms with E-state index in [1.807, 2.05) is 0 Å². The molecule has 5 nitrogen and oxygen atoms in total. The summed E-state index contributed by atoms with van der Waals surface area (Å²) in [5.41, 5.74) is 0.614. The molecule has 0 saturated carbocycles. The number of aliphatic hydroxyl groups excluding tert-OH is 1. The lowest BCUT2D eigenvalue weighted by Gasteiger charge is -2.32. The van der Waals surface area contributed by atoms with E-state index in [1.54, 1.807) is 18.2 Å². The molecule has 2 atom stereocenters. The number of nitrogens with one attached hydrogen (secondary N) is 1. The van der Waals surface area contributed by atoms with E-state index in [9.17, 15) is 8.42 Å². The lowest BCUT2D eigenvalue weighted by atomic mass is 10.00. The summed E-state index contributed by atoms with van der Waals surface area (Å²) in [6, 6.07) is 6.85. The van der Waals surface area contributed by atoms with Gasteiger partial charge in [-0.15, -0.1) is 0 Å². The Labute approximate surface area is 126 Å². The fourth-order valence-electron chi connectivity index (χ4n) is 3.46. The van der Waals surface area contributed by atoms with Gasteiger partial charge in [0.05, 0.1) is 11.5 Å². The maximum Gasteiger partial charge on any atom is 0.240 e. The van der Waals surface area contributed by atoms with E-state index in [1.165, 1.54) is 18.9 Å². The molecule has 0 aliphatic carbocycles. The third-order valence-electron chi connectivity index (χ3n) is 4.55. The summed E-state index contributed by atoms with van der Waals surface area (Å²) in [6.07, 6.45) is 4.35. The highest BCUT2D eigenvalue weighted by Gasteiger charge is 2.37. The molecule has 2 fully saturated rings. The zero-order valence-electron chi connectivity index (χ0n) is 12.0. The topological polar surface area (TPSA) is 69.6 Å². The highest BCUT2D eigenvalue weighted by atomic mass is 32.2. The molecule has 0 aromatic heterocycles. The fourth-order valence-corrected chi connectivity index (χ4v) is 4.84. The zero-order chi connectivity index (χ0) is 14.9. The molecule has 2 unspecified atom stereocenters. The molecule has 2 aliphatic heterocycles. The van der Waals surface area contributed by atoms with Crippen LogP contribution in [0.5, 0.6) is 0 Å². The summed E-state index contributed by atoms with van der Waals surface area (Å²) in [5.74, 6) is 0. The van der Waals surface area contributed by atoms with Gasteiger partial charge in [0.2, 0.25) is 10.0 Å². The first-order valence-corrected chi connectivity index (χ1v) is 9.05. The molecule has 3 rings (SSSR count). The summed E-state index contributed by atoms with van der Waals surface area (Å²) in [6.45, 7) is 1.92. The van der Waals surface area contributed by atoms with Crippen molar-refractivity contribution >= 4 is 10.0 Å². The number of benzene rings is 1.